The third kappa shape index (κ3) is 8.69. The highest BCUT2D eigenvalue weighted by molar-refractivity contribution is 7.67. The summed E-state index contributed by atoms with van der Waals surface area (Å²) in [6.45, 7) is 10.9. The van der Waals surface area contributed by atoms with Crippen LogP contribution in [-0.4, -0.2) is 30.9 Å². The largest absolute Gasteiger partial charge is 0.459 e. The molecule has 0 spiro atoms. The van der Waals surface area contributed by atoms with Crippen molar-refractivity contribution in [2.45, 2.75) is 66.0 Å². The van der Waals surface area contributed by atoms with Crippen LogP contribution in [0.25, 0.3) is 0 Å². The second-order valence-corrected chi connectivity index (χ2v) is 10.7. The van der Waals surface area contributed by atoms with Crippen LogP contribution < -0.4 is 10.8 Å². The summed E-state index contributed by atoms with van der Waals surface area (Å²) < 4.78 is 31.0. The van der Waals surface area contributed by atoms with E-state index >= 15 is 0 Å². The molecule has 11 heteroatoms. The molecule has 0 fully saturated rings. The smallest absolute Gasteiger partial charge is 0.319 e. The lowest BCUT2D eigenvalue weighted by Crippen LogP contribution is -2.43. The molecule has 1 aromatic carbocycles. The van der Waals surface area contributed by atoms with Gasteiger partial charge in [-0.1, -0.05) is 32.9 Å². The van der Waals surface area contributed by atoms with E-state index in [1.807, 2.05) is 26.2 Å². The van der Waals surface area contributed by atoms with E-state index < -0.39 is 40.4 Å². The molecular formula is C23H33N3O6S2. The first-order valence-corrected chi connectivity index (χ1v) is 13.0. The summed E-state index contributed by atoms with van der Waals surface area (Å²) in [5.74, 6) is -2.17. The lowest BCUT2D eigenvalue weighted by atomic mass is 9.94. The summed E-state index contributed by atoms with van der Waals surface area (Å²) in [6.07, 6.45) is 1.20. The van der Waals surface area contributed by atoms with E-state index in [1.165, 1.54) is 11.3 Å². The number of nitrogens with zero attached hydrogens (tertiary/aromatic N) is 1. The minimum atomic E-state index is -3.02. The van der Waals surface area contributed by atoms with Gasteiger partial charge in [-0.2, -0.15) is 4.28 Å². The Hall–Kier alpha value is -2.50. The highest BCUT2D eigenvalue weighted by atomic mass is 32.2. The summed E-state index contributed by atoms with van der Waals surface area (Å²) in [5.41, 5.74) is 3.91. The van der Waals surface area contributed by atoms with Gasteiger partial charge in [0.1, 0.15) is 16.5 Å². The number of rotatable bonds is 11. The van der Waals surface area contributed by atoms with Crippen molar-refractivity contribution in [3.05, 3.63) is 45.9 Å². The quantitative estimate of drug-likeness (QED) is 0.181. The Morgan fingerprint density at radius 1 is 1.15 bits per heavy atom. The maximum Gasteiger partial charge on any atom is 0.319 e. The van der Waals surface area contributed by atoms with Crippen molar-refractivity contribution in [1.82, 2.24) is 10.3 Å². The summed E-state index contributed by atoms with van der Waals surface area (Å²) in [5, 5.41) is 5.71. The number of thiol groups is 1. The fraction of sp³-hybridized carbons (Fsp3) is 0.522. The van der Waals surface area contributed by atoms with Gasteiger partial charge in [-0.3, -0.25) is 9.59 Å². The van der Waals surface area contributed by atoms with Crippen LogP contribution in [0, 0.1) is 11.8 Å². The predicted molar refractivity (Wildman–Crippen MR) is 132 cm³/mol. The molecule has 34 heavy (non-hydrogen) atoms. The highest BCUT2D eigenvalue weighted by Gasteiger charge is 2.35. The van der Waals surface area contributed by atoms with Crippen LogP contribution >= 0.6 is 11.3 Å². The monoisotopic (exact) mass is 511 g/mol. The Bertz CT molecular complexity index is 1030. The number of anilines is 1. The van der Waals surface area contributed by atoms with E-state index in [-0.39, 0.29) is 5.92 Å². The van der Waals surface area contributed by atoms with Crippen molar-refractivity contribution < 1.29 is 27.0 Å². The summed E-state index contributed by atoms with van der Waals surface area (Å²) in [6, 6.07) is 6.48. The van der Waals surface area contributed by atoms with Gasteiger partial charge in [-0.05, 0) is 57.2 Å². The Kier molecular flexibility index (Phi) is 10.0. The zero-order chi connectivity index (χ0) is 25.5. The first-order chi connectivity index (χ1) is 15.9. The fourth-order valence-corrected chi connectivity index (χ4v) is 4.32. The minimum absolute atomic E-state index is 0.254. The van der Waals surface area contributed by atoms with E-state index in [9.17, 15) is 18.0 Å². The maximum absolute atomic E-state index is 13.2. The molecule has 2 aromatic rings. The van der Waals surface area contributed by atoms with Gasteiger partial charge < -0.3 is 10.1 Å². The van der Waals surface area contributed by atoms with E-state index in [2.05, 4.69) is 20.1 Å². The number of ether oxygens (including phenoxy) is 1. The molecule has 0 aliphatic carbocycles. The van der Waals surface area contributed by atoms with Gasteiger partial charge in [0.25, 0.3) is 11.0 Å². The van der Waals surface area contributed by atoms with Crippen molar-refractivity contribution >= 4 is 39.9 Å². The summed E-state index contributed by atoms with van der Waals surface area (Å²) >= 11 is 1.45. The van der Waals surface area contributed by atoms with E-state index in [0.717, 1.165) is 22.7 Å². The number of hydrogen-bond acceptors (Lipinski definition) is 9. The van der Waals surface area contributed by atoms with Gasteiger partial charge in [0.2, 0.25) is 5.91 Å². The average Bonchev–Trinajstić information content (AvgIpc) is 3.20. The number of aryl methyl sites for hydroxylation is 1. The number of benzene rings is 1. The van der Waals surface area contributed by atoms with Crippen molar-refractivity contribution in [1.29, 1.82) is 0 Å². The molecule has 1 heterocycles. The molecule has 0 aliphatic rings. The lowest BCUT2D eigenvalue weighted by Gasteiger charge is -2.27. The first-order valence-electron chi connectivity index (χ1n) is 11.0. The summed E-state index contributed by atoms with van der Waals surface area (Å²) in [7, 11) is -3.02. The number of amides is 1. The SMILES string of the molecule is CCc1csc([C@H](Cc2ccc(NO[SH](=O)=O)cc2)NC(=O)[C@@H](C(=O)OC(C)(C)C)C(C)C)n1. The molecule has 0 aliphatic heterocycles. The Labute approximate surface area is 206 Å². The molecule has 188 valence electrons. The molecule has 0 unspecified atom stereocenters. The van der Waals surface area contributed by atoms with Crippen molar-refractivity contribution in [2.24, 2.45) is 11.8 Å². The predicted octanol–water partition coefficient (Wildman–Crippen LogP) is 3.59. The molecule has 0 saturated heterocycles. The molecule has 1 aromatic heterocycles. The highest BCUT2D eigenvalue weighted by Crippen LogP contribution is 2.26. The second kappa shape index (κ2) is 12.3. The maximum atomic E-state index is 13.2. The van der Waals surface area contributed by atoms with Crippen molar-refractivity contribution in [2.75, 3.05) is 5.48 Å². The molecule has 9 nitrogen and oxygen atoms in total. The number of nitrogens with one attached hydrogen (secondary N) is 2. The second-order valence-electron chi connectivity index (χ2n) is 9.16. The minimum Gasteiger partial charge on any atom is -0.459 e. The Balaban J connectivity index is 2.25. The Morgan fingerprint density at radius 2 is 1.79 bits per heavy atom. The van der Waals surface area contributed by atoms with Crippen LogP contribution in [0.3, 0.4) is 0 Å². The van der Waals surface area contributed by atoms with E-state index in [4.69, 9.17) is 4.74 Å². The van der Waals surface area contributed by atoms with Crippen LogP contribution in [0.15, 0.2) is 29.6 Å². The molecule has 0 bridgehead atoms. The van der Waals surface area contributed by atoms with Gasteiger partial charge in [-0.15, -0.1) is 11.3 Å². The Morgan fingerprint density at radius 3 is 2.29 bits per heavy atom. The van der Waals surface area contributed by atoms with Crippen LogP contribution in [0.2, 0.25) is 0 Å². The standard InChI is InChI=1S/C23H33N3O6S2/c1-7-16-13-33-21(24-16)18(12-15-8-10-17(11-9-15)26-32-34(29)30)25-20(27)19(14(2)3)22(28)31-23(4,5)6/h8-11,13-14,18-19,26,34H,7,12H2,1-6H3,(H,25,27)/t18-,19-/m0/s1. The van der Waals surface area contributed by atoms with Crippen LogP contribution in [0.5, 0.6) is 0 Å². The number of aromatic nitrogens is 1. The zero-order valence-corrected chi connectivity index (χ0v) is 22.0. The number of carbonyl (C=O) groups excluding carboxylic acids is 2. The molecule has 2 atom stereocenters. The van der Waals surface area contributed by atoms with Gasteiger partial charge in [-0.25, -0.2) is 18.9 Å². The van der Waals surface area contributed by atoms with Gasteiger partial charge in [0, 0.05) is 5.38 Å². The van der Waals surface area contributed by atoms with Gasteiger partial charge in [0.05, 0.1) is 17.4 Å². The lowest BCUT2D eigenvalue weighted by molar-refractivity contribution is -0.164. The van der Waals surface area contributed by atoms with E-state index in [1.54, 1.807) is 45.0 Å². The van der Waals surface area contributed by atoms with Crippen molar-refractivity contribution in [3.8, 4) is 0 Å². The number of hydrogen-bond donors (Lipinski definition) is 3. The van der Waals surface area contributed by atoms with Gasteiger partial charge in [0.15, 0.2) is 0 Å². The molecule has 2 N–H and O–H groups in total. The topological polar surface area (TPSA) is 124 Å². The van der Waals surface area contributed by atoms with E-state index in [0.29, 0.717) is 12.1 Å². The third-order valence-corrected chi connectivity index (χ3v) is 6.04. The summed E-state index contributed by atoms with van der Waals surface area (Å²) in [4.78, 5) is 30.6. The first kappa shape index (κ1) is 27.7. The third-order valence-electron chi connectivity index (χ3n) is 4.79. The fourth-order valence-electron chi connectivity index (χ4n) is 3.19. The zero-order valence-electron chi connectivity index (χ0n) is 20.3. The normalized spacial score (nSPS) is 13.5. The van der Waals surface area contributed by atoms with Gasteiger partial charge >= 0.3 is 5.97 Å². The van der Waals surface area contributed by atoms with Crippen LogP contribution in [-0.2, 0) is 42.4 Å². The van der Waals surface area contributed by atoms with Crippen LogP contribution in [0.4, 0.5) is 5.69 Å². The van der Waals surface area contributed by atoms with Crippen LogP contribution in [0.1, 0.15) is 63.8 Å². The molecule has 0 radical (unpaired) electrons. The number of esters is 1. The molecular weight excluding hydrogens is 478 g/mol. The average molecular weight is 512 g/mol. The molecule has 2 rings (SSSR count). The number of thiazole rings is 1. The molecule has 0 saturated carbocycles. The van der Waals surface area contributed by atoms with Crippen molar-refractivity contribution in [3.63, 3.8) is 0 Å². The number of carbonyl (C=O) groups is 2. The molecule has 1 amide bonds.